The maximum Gasteiger partial charge on any atom is 0.256 e. The Bertz CT molecular complexity index is 1060. The van der Waals surface area contributed by atoms with Crippen molar-refractivity contribution in [3.05, 3.63) is 95.6 Å². The van der Waals surface area contributed by atoms with Crippen LogP contribution in [-0.4, -0.2) is 36.9 Å². The van der Waals surface area contributed by atoms with Gasteiger partial charge in [-0.25, -0.2) is 0 Å². The zero-order valence-corrected chi connectivity index (χ0v) is 17.8. The number of hydrogen-bond donors (Lipinski definition) is 1. The summed E-state index contributed by atoms with van der Waals surface area (Å²) in [6, 6.07) is 24.4. The number of hydrogen-bond acceptors (Lipinski definition) is 3. The van der Waals surface area contributed by atoms with Gasteiger partial charge in [-0.15, -0.1) is 0 Å². The fourth-order valence-electron chi connectivity index (χ4n) is 4.01. The molecule has 5 nitrogen and oxygen atoms in total. The Labute approximate surface area is 183 Å². The average molecular weight is 414 g/mol. The highest BCUT2D eigenvalue weighted by Crippen LogP contribution is 2.26. The van der Waals surface area contributed by atoms with Crippen molar-refractivity contribution in [1.82, 2.24) is 4.90 Å². The summed E-state index contributed by atoms with van der Waals surface area (Å²) >= 11 is 0. The van der Waals surface area contributed by atoms with E-state index < -0.39 is 0 Å². The van der Waals surface area contributed by atoms with Crippen molar-refractivity contribution >= 4 is 23.2 Å². The van der Waals surface area contributed by atoms with Gasteiger partial charge in [-0.3, -0.25) is 9.59 Å². The van der Waals surface area contributed by atoms with E-state index in [1.54, 1.807) is 36.2 Å². The highest BCUT2D eigenvalue weighted by Gasteiger charge is 2.20. The van der Waals surface area contributed by atoms with Crippen molar-refractivity contribution in [3.63, 3.8) is 0 Å². The third kappa shape index (κ3) is 4.77. The molecule has 1 heterocycles. The minimum atomic E-state index is -0.233. The number of benzene rings is 3. The van der Waals surface area contributed by atoms with Gasteiger partial charge in [0.05, 0.1) is 11.3 Å². The number of carbonyl (C=O) groups is 2. The van der Waals surface area contributed by atoms with Crippen LogP contribution in [0.25, 0.3) is 0 Å². The molecule has 1 aliphatic rings. The number of nitrogens with zero attached hydrogens (tertiary/aromatic N) is 2. The molecule has 0 saturated carbocycles. The van der Waals surface area contributed by atoms with Crippen molar-refractivity contribution in [2.45, 2.75) is 19.4 Å². The molecule has 2 amide bonds. The third-order valence-corrected chi connectivity index (χ3v) is 5.63. The summed E-state index contributed by atoms with van der Waals surface area (Å²) in [5.41, 5.74) is 3.88. The largest absolute Gasteiger partial charge is 0.371 e. The minimum absolute atomic E-state index is 0.125. The van der Waals surface area contributed by atoms with Crippen molar-refractivity contribution in [1.29, 1.82) is 0 Å². The van der Waals surface area contributed by atoms with Crippen LogP contribution in [0.3, 0.4) is 0 Å². The van der Waals surface area contributed by atoms with Crippen LogP contribution in [0.4, 0.5) is 11.4 Å². The molecule has 3 aromatic rings. The van der Waals surface area contributed by atoms with E-state index in [1.165, 1.54) is 18.5 Å². The Balaban J connectivity index is 1.52. The van der Waals surface area contributed by atoms with Gasteiger partial charge in [-0.05, 0) is 48.7 Å². The maximum absolute atomic E-state index is 13.3. The smallest absolute Gasteiger partial charge is 0.256 e. The van der Waals surface area contributed by atoms with E-state index in [1.807, 2.05) is 42.5 Å². The molecular formula is C26H27N3O2. The summed E-state index contributed by atoms with van der Waals surface area (Å²) in [5.74, 6) is -0.358. The van der Waals surface area contributed by atoms with Crippen LogP contribution >= 0.6 is 0 Å². The molecule has 0 unspecified atom stereocenters. The second kappa shape index (κ2) is 9.47. The Morgan fingerprint density at radius 3 is 2.29 bits per heavy atom. The Hall–Kier alpha value is -3.60. The van der Waals surface area contributed by atoms with Crippen LogP contribution in [-0.2, 0) is 6.54 Å². The summed E-state index contributed by atoms with van der Waals surface area (Å²) in [7, 11) is 1.80. The lowest BCUT2D eigenvalue weighted by Crippen LogP contribution is -2.29. The number of para-hydroxylation sites is 2. The molecular weight excluding hydrogens is 386 g/mol. The van der Waals surface area contributed by atoms with Crippen LogP contribution in [0.15, 0.2) is 78.9 Å². The topological polar surface area (TPSA) is 52.6 Å². The molecule has 5 heteroatoms. The van der Waals surface area contributed by atoms with Gasteiger partial charge in [0.2, 0.25) is 0 Å². The predicted molar refractivity (Wildman–Crippen MR) is 125 cm³/mol. The first-order chi connectivity index (χ1) is 15.1. The van der Waals surface area contributed by atoms with Crippen LogP contribution in [0, 0.1) is 0 Å². The lowest BCUT2D eigenvalue weighted by atomic mass is 10.1. The highest BCUT2D eigenvalue weighted by atomic mass is 16.2. The molecule has 0 radical (unpaired) electrons. The zero-order chi connectivity index (χ0) is 21.6. The van der Waals surface area contributed by atoms with Crippen LogP contribution in [0.2, 0.25) is 0 Å². The Morgan fingerprint density at radius 1 is 0.871 bits per heavy atom. The fraction of sp³-hybridized carbons (Fsp3) is 0.231. The molecule has 4 rings (SSSR count). The van der Waals surface area contributed by atoms with Gasteiger partial charge in [0.25, 0.3) is 11.8 Å². The van der Waals surface area contributed by atoms with Crippen LogP contribution < -0.4 is 10.2 Å². The predicted octanol–water partition coefficient (Wildman–Crippen LogP) is 4.81. The number of nitrogens with one attached hydrogen (secondary N) is 1. The lowest BCUT2D eigenvalue weighted by Gasteiger charge is -2.25. The maximum atomic E-state index is 13.3. The van der Waals surface area contributed by atoms with Gasteiger partial charge >= 0.3 is 0 Å². The first kappa shape index (κ1) is 20.7. The number of anilines is 2. The van der Waals surface area contributed by atoms with Gasteiger partial charge in [0, 0.05) is 37.9 Å². The molecule has 0 aromatic heterocycles. The molecule has 0 bridgehead atoms. The van der Waals surface area contributed by atoms with Crippen LogP contribution in [0.5, 0.6) is 0 Å². The number of rotatable bonds is 6. The van der Waals surface area contributed by atoms with Crippen molar-refractivity contribution < 1.29 is 9.59 Å². The summed E-state index contributed by atoms with van der Waals surface area (Å²) in [5, 5.41) is 2.89. The highest BCUT2D eigenvalue weighted by molar-refractivity contribution is 6.08. The van der Waals surface area contributed by atoms with Gasteiger partial charge in [-0.2, -0.15) is 0 Å². The molecule has 0 aliphatic carbocycles. The second-order valence-corrected chi connectivity index (χ2v) is 7.85. The Morgan fingerprint density at radius 2 is 1.52 bits per heavy atom. The number of carbonyl (C=O) groups excluding carboxylic acids is 2. The third-order valence-electron chi connectivity index (χ3n) is 5.63. The summed E-state index contributed by atoms with van der Waals surface area (Å²) in [6.07, 6.45) is 2.41. The second-order valence-electron chi connectivity index (χ2n) is 7.85. The molecule has 1 saturated heterocycles. The van der Waals surface area contributed by atoms with Crippen molar-refractivity contribution in [2.24, 2.45) is 0 Å². The zero-order valence-electron chi connectivity index (χ0n) is 17.8. The molecule has 158 valence electrons. The van der Waals surface area contributed by atoms with Crippen LogP contribution in [0.1, 0.15) is 39.1 Å². The normalized spacial score (nSPS) is 13.1. The quantitative estimate of drug-likeness (QED) is 0.631. The minimum Gasteiger partial charge on any atom is -0.371 e. The summed E-state index contributed by atoms with van der Waals surface area (Å²) < 4.78 is 0. The van der Waals surface area contributed by atoms with Gasteiger partial charge in [0.1, 0.15) is 0 Å². The standard InChI is InChI=1S/C26H27N3O2/c1-28(19-21-13-5-8-16-24(21)29-17-9-10-18-29)26(31)22-14-6-7-15-23(22)27-25(30)20-11-3-2-4-12-20/h2-8,11-16H,9-10,17-19H2,1H3,(H,27,30). The average Bonchev–Trinajstić information content (AvgIpc) is 3.35. The first-order valence-corrected chi connectivity index (χ1v) is 10.7. The van der Waals surface area contributed by atoms with E-state index in [2.05, 4.69) is 22.3 Å². The lowest BCUT2D eigenvalue weighted by molar-refractivity contribution is 0.0786. The molecule has 1 fully saturated rings. The van der Waals surface area contributed by atoms with Crippen molar-refractivity contribution in [2.75, 3.05) is 30.4 Å². The first-order valence-electron chi connectivity index (χ1n) is 10.7. The summed E-state index contributed by atoms with van der Waals surface area (Å²) in [6.45, 7) is 2.62. The molecule has 1 aliphatic heterocycles. The number of amides is 2. The molecule has 0 atom stereocenters. The van der Waals surface area contributed by atoms with E-state index in [0.29, 0.717) is 23.4 Å². The van der Waals surface area contributed by atoms with E-state index in [-0.39, 0.29) is 11.8 Å². The van der Waals surface area contributed by atoms with E-state index in [0.717, 1.165) is 18.7 Å². The fourth-order valence-corrected chi connectivity index (χ4v) is 4.01. The molecule has 1 N–H and O–H groups in total. The van der Waals surface area contributed by atoms with Gasteiger partial charge < -0.3 is 15.1 Å². The molecule has 31 heavy (non-hydrogen) atoms. The molecule has 0 spiro atoms. The SMILES string of the molecule is CN(Cc1ccccc1N1CCCC1)C(=O)c1ccccc1NC(=O)c1ccccc1. The van der Waals surface area contributed by atoms with E-state index >= 15 is 0 Å². The Kier molecular flexibility index (Phi) is 6.32. The monoisotopic (exact) mass is 413 g/mol. The van der Waals surface area contributed by atoms with Gasteiger partial charge in [0.15, 0.2) is 0 Å². The summed E-state index contributed by atoms with van der Waals surface area (Å²) in [4.78, 5) is 30.0. The van der Waals surface area contributed by atoms with E-state index in [9.17, 15) is 9.59 Å². The van der Waals surface area contributed by atoms with E-state index in [4.69, 9.17) is 0 Å². The van der Waals surface area contributed by atoms with Gasteiger partial charge in [-0.1, -0.05) is 48.5 Å². The van der Waals surface area contributed by atoms with Crippen molar-refractivity contribution in [3.8, 4) is 0 Å². The molecule has 3 aromatic carbocycles.